The van der Waals surface area contributed by atoms with Gasteiger partial charge in [0.2, 0.25) is 15.7 Å². The van der Waals surface area contributed by atoms with Gasteiger partial charge in [-0.3, -0.25) is 9.69 Å². The maximum atomic E-state index is 13.1. The van der Waals surface area contributed by atoms with Gasteiger partial charge in [0.1, 0.15) is 18.5 Å². The lowest BCUT2D eigenvalue weighted by atomic mass is 10.2. The van der Waals surface area contributed by atoms with Crippen LogP contribution in [0.15, 0.2) is 58.3 Å². The number of amides is 1. The molecular formula is C19H21FN2O4S. The van der Waals surface area contributed by atoms with Gasteiger partial charge >= 0.3 is 0 Å². The van der Waals surface area contributed by atoms with Crippen LogP contribution in [0.3, 0.4) is 0 Å². The van der Waals surface area contributed by atoms with E-state index in [1.54, 1.807) is 18.2 Å². The second-order valence-corrected chi connectivity index (χ2v) is 8.29. The van der Waals surface area contributed by atoms with Gasteiger partial charge in [0.25, 0.3) is 0 Å². The highest BCUT2D eigenvalue weighted by atomic mass is 32.2. The Hall–Kier alpha value is -2.45. The Balaban J connectivity index is 1.68. The predicted octanol–water partition coefficient (Wildman–Crippen LogP) is 2.04. The number of carbonyl (C=O) groups excluding carboxylic acids is 1. The summed E-state index contributed by atoms with van der Waals surface area (Å²) in [5, 5.41) is 0. The van der Waals surface area contributed by atoms with Crippen LogP contribution in [0.4, 0.5) is 4.39 Å². The van der Waals surface area contributed by atoms with Crippen molar-refractivity contribution in [1.82, 2.24) is 4.90 Å². The van der Waals surface area contributed by atoms with E-state index in [0.717, 1.165) is 6.54 Å². The fraction of sp³-hybridized carbons (Fsp3) is 0.316. The number of halogens is 1. The summed E-state index contributed by atoms with van der Waals surface area (Å²) >= 11 is 0. The molecule has 2 N–H and O–H groups in total. The molecule has 1 atom stereocenters. The van der Waals surface area contributed by atoms with Crippen LogP contribution in [0, 0.1) is 0 Å². The number of rotatable bonds is 7. The topological polar surface area (TPSA) is 89.7 Å². The zero-order valence-electron chi connectivity index (χ0n) is 14.7. The third-order valence-electron chi connectivity index (χ3n) is 4.47. The number of hydrogen-bond donors (Lipinski definition) is 1. The highest BCUT2D eigenvalue weighted by Gasteiger charge is 2.23. The van der Waals surface area contributed by atoms with Gasteiger partial charge in [0, 0.05) is 19.6 Å². The Morgan fingerprint density at radius 2 is 1.89 bits per heavy atom. The first-order valence-electron chi connectivity index (χ1n) is 8.61. The molecule has 0 aromatic heterocycles. The number of benzene rings is 2. The number of alkyl halides is 1. The molecule has 0 unspecified atom stereocenters. The fourth-order valence-electron chi connectivity index (χ4n) is 3.03. The molecule has 0 bridgehead atoms. The second kappa shape index (κ2) is 8.06. The number of hydrogen-bond acceptors (Lipinski definition) is 5. The second-order valence-electron chi connectivity index (χ2n) is 6.37. The lowest BCUT2D eigenvalue weighted by Crippen LogP contribution is -2.26. The highest BCUT2D eigenvalue weighted by Crippen LogP contribution is 2.25. The number of nitrogens with two attached hydrogens (primary N) is 1. The third-order valence-corrected chi connectivity index (χ3v) is 6.29. The first-order valence-corrected chi connectivity index (χ1v) is 10.1. The van der Waals surface area contributed by atoms with E-state index >= 15 is 0 Å². The van der Waals surface area contributed by atoms with Gasteiger partial charge in [-0.2, -0.15) is 0 Å². The lowest BCUT2D eigenvalue weighted by Gasteiger charge is -2.15. The fourth-order valence-corrected chi connectivity index (χ4v) is 4.49. The molecule has 2 aromatic rings. The summed E-state index contributed by atoms with van der Waals surface area (Å²) in [6, 6.07) is 11.8. The van der Waals surface area contributed by atoms with E-state index in [-0.39, 0.29) is 15.4 Å². The summed E-state index contributed by atoms with van der Waals surface area (Å²) in [6.07, 6.45) is -0.211. The van der Waals surface area contributed by atoms with Crippen molar-refractivity contribution in [2.24, 2.45) is 5.73 Å². The van der Waals surface area contributed by atoms with E-state index in [4.69, 9.17) is 10.5 Å². The maximum Gasteiger partial charge on any atom is 0.250 e. The van der Waals surface area contributed by atoms with E-state index < -0.39 is 21.9 Å². The standard InChI is InChI=1S/C19H21FN2O4S/c20-14-9-10-22(13-14)11-12-26-15-5-7-16(8-6-15)27(24,25)18-4-2-1-3-17(18)19(21)23/h1-8,14H,9-13H2,(H2,21,23)/t14-/m0/s1. The maximum absolute atomic E-state index is 13.1. The van der Waals surface area contributed by atoms with Gasteiger partial charge in [0.05, 0.1) is 15.4 Å². The predicted molar refractivity (Wildman–Crippen MR) is 98.3 cm³/mol. The lowest BCUT2D eigenvalue weighted by molar-refractivity contribution is 0.0997. The van der Waals surface area contributed by atoms with Crippen LogP contribution in [0.5, 0.6) is 5.75 Å². The molecule has 27 heavy (non-hydrogen) atoms. The van der Waals surface area contributed by atoms with Crippen molar-refractivity contribution in [1.29, 1.82) is 0 Å². The number of likely N-dealkylation sites (tertiary alicyclic amines) is 1. The van der Waals surface area contributed by atoms with E-state index in [1.807, 2.05) is 4.90 Å². The van der Waals surface area contributed by atoms with Crippen molar-refractivity contribution >= 4 is 15.7 Å². The average molecular weight is 392 g/mol. The number of nitrogens with zero attached hydrogens (tertiary/aromatic N) is 1. The van der Waals surface area contributed by atoms with Gasteiger partial charge < -0.3 is 10.5 Å². The molecule has 1 saturated heterocycles. The van der Waals surface area contributed by atoms with Gasteiger partial charge in [-0.25, -0.2) is 12.8 Å². The zero-order valence-corrected chi connectivity index (χ0v) is 15.5. The first kappa shape index (κ1) is 19.3. The van der Waals surface area contributed by atoms with Crippen LogP contribution in [0.1, 0.15) is 16.8 Å². The van der Waals surface area contributed by atoms with Crippen molar-refractivity contribution in [3.63, 3.8) is 0 Å². The molecule has 144 valence electrons. The Kier molecular flexibility index (Phi) is 5.76. The molecule has 1 amide bonds. The van der Waals surface area contributed by atoms with Crippen LogP contribution in [-0.2, 0) is 9.84 Å². The Labute approximate surface area is 157 Å². The largest absolute Gasteiger partial charge is 0.492 e. The molecule has 1 aliphatic rings. The summed E-state index contributed by atoms with van der Waals surface area (Å²) in [6.45, 7) is 2.16. The van der Waals surface area contributed by atoms with Crippen LogP contribution in [0.25, 0.3) is 0 Å². The minimum absolute atomic E-state index is 0.0448. The van der Waals surface area contributed by atoms with Crippen LogP contribution < -0.4 is 10.5 Å². The third kappa shape index (κ3) is 4.45. The van der Waals surface area contributed by atoms with Crippen LogP contribution in [-0.4, -0.2) is 51.6 Å². The van der Waals surface area contributed by atoms with Crippen LogP contribution >= 0.6 is 0 Å². The highest BCUT2D eigenvalue weighted by molar-refractivity contribution is 7.91. The van der Waals surface area contributed by atoms with E-state index in [9.17, 15) is 17.6 Å². The zero-order chi connectivity index (χ0) is 19.4. The molecule has 0 saturated carbocycles. The van der Waals surface area contributed by atoms with E-state index in [0.29, 0.717) is 31.9 Å². The molecule has 1 aliphatic heterocycles. The van der Waals surface area contributed by atoms with Crippen molar-refractivity contribution < 1.29 is 22.3 Å². The molecule has 8 heteroatoms. The SMILES string of the molecule is NC(=O)c1ccccc1S(=O)(=O)c1ccc(OCCN2CC[C@H](F)C2)cc1. The summed E-state index contributed by atoms with van der Waals surface area (Å²) < 4.78 is 44.3. The van der Waals surface area contributed by atoms with Crippen molar-refractivity contribution in [3.8, 4) is 5.75 Å². The Morgan fingerprint density at radius 1 is 1.19 bits per heavy atom. The van der Waals surface area contributed by atoms with Gasteiger partial charge in [-0.1, -0.05) is 12.1 Å². The smallest absolute Gasteiger partial charge is 0.250 e. The monoisotopic (exact) mass is 392 g/mol. The van der Waals surface area contributed by atoms with Gasteiger partial charge in [0.15, 0.2) is 0 Å². The Bertz CT molecular complexity index is 916. The summed E-state index contributed by atoms with van der Waals surface area (Å²) in [7, 11) is -3.88. The molecule has 3 rings (SSSR count). The molecule has 6 nitrogen and oxygen atoms in total. The molecule has 0 spiro atoms. The summed E-state index contributed by atoms with van der Waals surface area (Å²) in [4.78, 5) is 13.4. The van der Waals surface area contributed by atoms with E-state index in [2.05, 4.69) is 0 Å². The molecular weight excluding hydrogens is 371 g/mol. The van der Waals surface area contributed by atoms with Crippen molar-refractivity contribution in [2.45, 2.75) is 22.4 Å². The number of primary amides is 1. The molecule has 0 radical (unpaired) electrons. The summed E-state index contributed by atoms with van der Waals surface area (Å²) in [5.74, 6) is -0.278. The van der Waals surface area contributed by atoms with E-state index in [1.165, 1.54) is 30.3 Å². The first-order chi connectivity index (χ1) is 12.9. The minimum Gasteiger partial charge on any atom is -0.492 e. The number of carbonyl (C=O) groups is 1. The van der Waals surface area contributed by atoms with Gasteiger partial charge in [-0.15, -0.1) is 0 Å². The molecule has 0 aliphatic carbocycles. The molecule has 2 aromatic carbocycles. The van der Waals surface area contributed by atoms with Crippen LogP contribution in [0.2, 0.25) is 0 Å². The minimum atomic E-state index is -3.88. The average Bonchev–Trinajstić information content (AvgIpc) is 3.07. The number of sulfone groups is 1. The van der Waals surface area contributed by atoms with Crippen molar-refractivity contribution in [3.05, 3.63) is 54.1 Å². The quantitative estimate of drug-likeness (QED) is 0.779. The summed E-state index contributed by atoms with van der Waals surface area (Å²) in [5.41, 5.74) is 5.23. The molecule has 1 fully saturated rings. The Morgan fingerprint density at radius 3 is 2.52 bits per heavy atom. The van der Waals surface area contributed by atoms with Crippen molar-refractivity contribution in [2.75, 3.05) is 26.2 Å². The normalized spacial score (nSPS) is 17.7. The van der Waals surface area contributed by atoms with Gasteiger partial charge in [-0.05, 0) is 42.8 Å². The molecule has 1 heterocycles. The number of ether oxygens (including phenoxy) is 1.